The largest absolute Gasteiger partial charge is 0.489 e. The van der Waals surface area contributed by atoms with Crippen molar-refractivity contribution >= 4 is 11.6 Å². The molecule has 1 aliphatic rings. The highest BCUT2D eigenvalue weighted by Gasteiger charge is 2.17. The number of hydrogen-bond acceptors (Lipinski definition) is 2. The third-order valence-electron chi connectivity index (χ3n) is 3.08. The Hall–Kier alpha value is -0.730. The maximum atomic E-state index is 6.17. The van der Waals surface area contributed by atoms with Gasteiger partial charge >= 0.3 is 0 Å². The SMILES string of the molecule is CC(N)c1ccc(OC2CCCC2)c(Cl)c1. The van der Waals surface area contributed by atoms with E-state index in [1.54, 1.807) is 0 Å². The van der Waals surface area contributed by atoms with E-state index in [9.17, 15) is 0 Å². The first-order valence-corrected chi connectivity index (χ1v) is 6.26. The maximum Gasteiger partial charge on any atom is 0.138 e. The fourth-order valence-electron chi connectivity index (χ4n) is 2.08. The van der Waals surface area contributed by atoms with Crippen molar-refractivity contribution in [3.8, 4) is 5.75 Å². The van der Waals surface area contributed by atoms with Crippen LogP contribution in [0.5, 0.6) is 5.75 Å². The lowest BCUT2D eigenvalue weighted by Crippen LogP contribution is -2.11. The number of benzene rings is 1. The van der Waals surface area contributed by atoms with Crippen LogP contribution in [-0.2, 0) is 0 Å². The first kappa shape index (κ1) is 11.7. The van der Waals surface area contributed by atoms with Gasteiger partial charge in [0, 0.05) is 6.04 Å². The second-order valence-corrected chi connectivity index (χ2v) is 4.91. The third kappa shape index (κ3) is 2.69. The summed E-state index contributed by atoms with van der Waals surface area (Å²) in [6.07, 6.45) is 5.16. The molecular formula is C13H18ClNO. The van der Waals surface area contributed by atoms with E-state index in [1.807, 2.05) is 25.1 Å². The Morgan fingerprint density at radius 2 is 2.06 bits per heavy atom. The molecule has 16 heavy (non-hydrogen) atoms. The molecule has 3 heteroatoms. The molecule has 0 saturated heterocycles. The highest BCUT2D eigenvalue weighted by molar-refractivity contribution is 6.32. The van der Waals surface area contributed by atoms with Crippen LogP contribution in [-0.4, -0.2) is 6.10 Å². The summed E-state index contributed by atoms with van der Waals surface area (Å²) < 4.78 is 5.87. The molecule has 1 aliphatic carbocycles. The molecule has 0 radical (unpaired) electrons. The van der Waals surface area contributed by atoms with E-state index in [2.05, 4.69) is 0 Å². The number of nitrogens with two attached hydrogens (primary N) is 1. The van der Waals surface area contributed by atoms with Crippen LogP contribution in [0.15, 0.2) is 18.2 Å². The summed E-state index contributed by atoms with van der Waals surface area (Å²) in [5, 5.41) is 0.668. The molecule has 1 aromatic carbocycles. The van der Waals surface area contributed by atoms with Gasteiger partial charge in [0.1, 0.15) is 5.75 Å². The molecule has 1 atom stereocenters. The van der Waals surface area contributed by atoms with E-state index in [0.717, 1.165) is 24.2 Å². The van der Waals surface area contributed by atoms with Gasteiger partial charge in [0.25, 0.3) is 0 Å². The zero-order valence-electron chi connectivity index (χ0n) is 9.58. The molecule has 0 aromatic heterocycles. The normalized spacial score (nSPS) is 18.7. The van der Waals surface area contributed by atoms with Crippen LogP contribution in [0.2, 0.25) is 5.02 Å². The minimum Gasteiger partial charge on any atom is -0.489 e. The van der Waals surface area contributed by atoms with Crippen LogP contribution < -0.4 is 10.5 Å². The lowest BCUT2D eigenvalue weighted by Gasteiger charge is -2.15. The first-order valence-electron chi connectivity index (χ1n) is 5.88. The van der Waals surface area contributed by atoms with Gasteiger partial charge in [-0.3, -0.25) is 0 Å². The van der Waals surface area contributed by atoms with Crippen LogP contribution in [0, 0.1) is 0 Å². The Kier molecular flexibility index (Phi) is 3.72. The Labute approximate surface area is 102 Å². The predicted octanol–water partition coefficient (Wildman–Crippen LogP) is 3.68. The van der Waals surface area contributed by atoms with E-state index >= 15 is 0 Å². The molecule has 1 aromatic rings. The van der Waals surface area contributed by atoms with Crippen molar-refractivity contribution in [2.24, 2.45) is 5.73 Å². The van der Waals surface area contributed by atoms with Gasteiger partial charge in [-0.05, 0) is 50.3 Å². The fraction of sp³-hybridized carbons (Fsp3) is 0.538. The molecule has 0 amide bonds. The lowest BCUT2D eigenvalue weighted by molar-refractivity contribution is 0.210. The van der Waals surface area contributed by atoms with Crippen LogP contribution in [0.3, 0.4) is 0 Å². The Bertz CT molecular complexity index is 359. The van der Waals surface area contributed by atoms with E-state index < -0.39 is 0 Å². The molecule has 0 bridgehead atoms. The lowest BCUT2D eigenvalue weighted by atomic mass is 10.1. The number of halogens is 1. The number of ether oxygens (including phenoxy) is 1. The number of hydrogen-bond donors (Lipinski definition) is 1. The summed E-state index contributed by atoms with van der Waals surface area (Å²) >= 11 is 6.17. The Morgan fingerprint density at radius 3 is 2.62 bits per heavy atom. The van der Waals surface area contributed by atoms with Crippen LogP contribution >= 0.6 is 11.6 Å². The zero-order chi connectivity index (χ0) is 11.5. The van der Waals surface area contributed by atoms with Gasteiger partial charge in [-0.1, -0.05) is 17.7 Å². The van der Waals surface area contributed by atoms with Crippen molar-refractivity contribution in [3.63, 3.8) is 0 Å². The van der Waals surface area contributed by atoms with Gasteiger partial charge in [-0.2, -0.15) is 0 Å². The highest BCUT2D eigenvalue weighted by atomic mass is 35.5. The molecule has 88 valence electrons. The predicted molar refractivity (Wildman–Crippen MR) is 66.9 cm³/mol. The van der Waals surface area contributed by atoms with Gasteiger partial charge in [0.15, 0.2) is 0 Å². The molecule has 0 heterocycles. The van der Waals surface area contributed by atoms with Crippen molar-refractivity contribution < 1.29 is 4.74 Å². The van der Waals surface area contributed by atoms with Crippen molar-refractivity contribution in [1.82, 2.24) is 0 Å². The fourth-order valence-corrected chi connectivity index (χ4v) is 2.32. The van der Waals surface area contributed by atoms with Gasteiger partial charge in [-0.15, -0.1) is 0 Å². The summed E-state index contributed by atoms with van der Waals surface area (Å²) in [5.74, 6) is 0.790. The zero-order valence-corrected chi connectivity index (χ0v) is 10.3. The van der Waals surface area contributed by atoms with Crippen LogP contribution in [0.25, 0.3) is 0 Å². The van der Waals surface area contributed by atoms with E-state index in [0.29, 0.717) is 11.1 Å². The van der Waals surface area contributed by atoms with E-state index in [1.165, 1.54) is 12.8 Å². The molecule has 1 unspecified atom stereocenters. The van der Waals surface area contributed by atoms with Crippen molar-refractivity contribution in [2.45, 2.75) is 44.8 Å². The molecular weight excluding hydrogens is 222 g/mol. The second kappa shape index (κ2) is 5.07. The van der Waals surface area contributed by atoms with Crippen molar-refractivity contribution in [3.05, 3.63) is 28.8 Å². The smallest absolute Gasteiger partial charge is 0.138 e. The van der Waals surface area contributed by atoms with Crippen LogP contribution in [0.1, 0.15) is 44.2 Å². The highest BCUT2D eigenvalue weighted by Crippen LogP contribution is 2.31. The summed E-state index contributed by atoms with van der Waals surface area (Å²) in [6, 6.07) is 5.83. The van der Waals surface area contributed by atoms with Gasteiger partial charge < -0.3 is 10.5 Å². The molecule has 1 fully saturated rings. The summed E-state index contributed by atoms with van der Waals surface area (Å²) in [4.78, 5) is 0. The molecule has 2 N–H and O–H groups in total. The average molecular weight is 240 g/mol. The standard InChI is InChI=1S/C13H18ClNO/c1-9(15)10-6-7-13(12(14)8-10)16-11-4-2-3-5-11/h6-9,11H,2-5,15H2,1H3. The maximum absolute atomic E-state index is 6.17. The summed E-state index contributed by atoms with van der Waals surface area (Å²) in [7, 11) is 0. The Morgan fingerprint density at radius 1 is 1.38 bits per heavy atom. The molecule has 2 rings (SSSR count). The third-order valence-corrected chi connectivity index (χ3v) is 3.37. The summed E-state index contributed by atoms with van der Waals surface area (Å²) in [5.41, 5.74) is 6.84. The van der Waals surface area contributed by atoms with Crippen molar-refractivity contribution in [1.29, 1.82) is 0 Å². The van der Waals surface area contributed by atoms with Gasteiger partial charge in [-0.25, -0.2) is 0 Å². The molecule has 1 saturated carbocycles. The average Bonchev–Trinajstić information content (AvgIpc) is 2.73. The first-order chi connectivity index (χ1) is 7.66. The molecule has 0 aliphatic heterocycles. The summed E-state index contributed by atoms with van der Waals surface area (Å²) in [6.45, 7) is 1.95. The second-order valence-electron chi connectivity index (χ2n) is 4.50. The van der Waals surface area contributed by atoms with Crippen LogP contribution in [0.4, 0.5) is 0 Å². The number of rotatable bonds is 3. The van der Waals surface area contributed by atoms with E-state index in [4.69, 9.17) is 22.1 Å². The van der Waals surface area contributed by atoms with Gasteiger partial charge in [0.2, 0.25) is 0 Å². The Balaban J connectivity index is 2.09. The monoisotopic (exact) mass is 239 g/mol. The topological polar surface area (TPSA) is 35.2 Å². The molecule has 0 spiro atoms. The minimum absolute atomic E-state index is 0.0121. The van der Waals surface area contributed by atoms with Gasteiger partial charge in [0.05, 0.1) is 11.1 Å². The quantitative estimate of drug-likeness (QED) is 0.873. The van der Waals surface area contributed by atoms with Crippen molar-refractivity contribution in [2.75, 3.05) is 0 Å². The van der Waals surface area contributed by atoms with E-state index in [-0.39, 0.29) is 6.04 Å². The molecule has 2 nitrogen and oxygen atoms in total. The minimum atomic E-state index is 0.0121.